The second-order valence-electron chi connectivity index (χ2n) is 7.39. The second kappa shape index (κ2) is 9.12. The van der Waals surface area contributed by atoms with E-state index in [4.69, 9.17) is 23.2 Å². The van der Waals surface area contributed by atoms with E-state index in [9.17, 15) is 13.2 Å². The van der Waals surface area contributed by atoms with Gasteiger partial charge in [-0.25, -0.2) is 8.42 Å². The van der Waals surface area contributed by atoms with Crippen LogP contribution in [0.4, 0.5) is 0 Å². The Morgan fingerprint density at radius 1 is 1.07 bits per heavy atom. The summed E-state index contributed by atoms with van der Waals surface area (Å²) in [5.74, 6) is -0.0773. The quantitative estimate of drug-likeness (QED) is 0.690. The number of carbonyl (C=O) groups excluding carboxylic acids is 1. The Morgan fingerprint density at radius 3 is 2.41 bits per heavy atom. The highest BCUT2D eigenvalue weighted by molar-refractivity contribution is 7.92. The minimum atomic E-state index is -3.14. The van der Waals surface area contributed by atoms with E-state index >= 15 is 0 Å². The molecule has 0 aromatic heterocycles. The van der Waals surface area contributed by atoms with E-state index in [-0.39, 0.29) is 23.3 Å². The number of hydrogen-bond acceptors (Lipinski definition) is 4. The first-order chi connectivity index (χ1) is 12.9. The Labute approximate surface area is 171 Å². The Bertz CT molecular complexity index is 771. The lowest BCUT2D eigenvalue weighted by Crippen LogP contribution is -2.48. The Hall–Kier alpha value is -0.820. The molecule has 5 nitrogen and oxygen atoms in total. The van der Waals surface area contributed by atoms with Gasteiger partial charge in [0.05, 0.1) is 21.0 Å². The molecule has 0 spiro atoms. The van der Waals surface area contributed by atoms with Crippen LogP contribution in [0.1, 0.15) is 37.7 Å². The molecule has 1 aliphatic heterocycles. The van der Waals surface area contributed by atoms with Crippen molar-refractivity contribution in [2.24, 2.45) is 0 Å². The molecule has 0 atom stereocenters. The van der Waals surface area contributed by atoms with Crippen LogP contribution >= 0.6 is 23.2 Å². The van der Waals surface area contributed by atoms with Crippen molar-refractivity contribution in [3.8, 4) is 0 Å². The molecule has 1 amide bonds. The van der Waals surface area contributed by atoms with Crippen molar-refractivity contribution in [2.75, 3.05) is 31.9 Å². The summed E-state index contributed by atoms with van der Waals surface area (Å²) in [4.78, 5) is 16.4. The maximum atomic E-state index is 12.4. The van der Waals surface area contributed by atoms with Gasteiger partial charge in [0, 0.05) is 39.1 Å². The van der Waals surface area contributed by atoms with E-state index in [0.29, 0.717) is 29.7 Å². The first-order valence-corrected chi connectivity index (χ1v) is 12.0. The molecule has 8 heteroatoms. The van der Waals surface area contributed by atoms with Crippen molar-refractivity contribution in [1.82, 2.24) is 9.80 Å². The van der Waals surface area contributed by atoms with E-state index in [1.807, 2.05) is 12.1 Å². The molecule has 1 heterocycles. The first-order valence-electron chi connectivity index (χ1n) is 9.51. The van der Waals surface area contributed by atoms with Crippen LogP contribution in [0, 0.1) is 0 Å². The van der Waals surface area contributed by atoms with Gasteiger partial charge in [0.2, 0.25) is 5.91 Å². The van der Waals surface area contributed by atoms with Gasteiger partial charge in [0.1, 0.15) is 0 Å². The van der Waals surface area contributed by atoms with Gasteiger partial charge in [-0.2, -0.15) is 0 Å². The Morgan fingerprint density at radius 2 is 1.74 bits per heavy atom. The molecular weight excluding hydrogens is 407 g/mol. The van der Waals surface area contributed by atoms with E-state index in [2.05, 4.69) is 4.90 Å². The number of sulfone groups is 1. The van der Waals surface area contributed by atoms with E-state index in [1.165, 1.54) is 0 Å². The minimum absolute atomic E-state index is 0.0190. The van der Waals surface area contributed by atoms with Crippen molar-refractivity contribution < 1.29 is 13.2 Å². The SMILES string of the molecule is O=C(CCS(=O)(=O)C1CCCC1)N1CCN(Cc2cccc(Cl)c2Cl)CC1. The molecule has 0 radical (unpaired) electrons. The van der Waals surface area contributed by atoms with Gasteiger partial charge in [0.25, 0.3) is 0 Å². The smallest absolute Gasteiger partial charge is 0.223 e. The molecule has 2 fully saturated rings. The van der Waals surface area contributed by atoms with Crippen LogP contribution in [-0.4, -0.2) is 61.3 Å². The van der Waals surface area contributed by atoms with Gasteiger partial charge in [0.15, 0.2) is 9.84 Å². The molecule has 0 bridgehead atoms. The number of nitrogens with zero attached hydrogens (tertiary/aromatic N) is 2. The van der Waals surface area contributed by atoms with Gasteiger partial charge in [-0.05, 0) is 24.5 Å². The molecule has 0 unspecified atom stereocenters. The lowest BCUT2D eigenvalue weighted by atomic mass is 10.2. The summed E-state index contributed by atoms with van der Waals surface area (Å²) in [5.41, 5.74) is 0.978. The highest BCUT2D eigenvalue weighted by Gasteiger charge is 2.30. The fourth-order valence-electron chi connectivity index (χ4n) is 3.87. The number of rotatable bonds is 6. The van der Waals surface area contributed by atoms with Crippen molar-refractivity contribution in [3.05, 3.63) is 33.8 Å². The van der Waals surface area contributed by atoms with Crippen molar-refractivity contribution in [3.63, 3.8) is 0 Å². The molecule has 1 aromatic rings. The van der Waals surface area contributed by atoms with Crippen LogP contribution < -0.4 is 0 Å². The predicted octanol–water partition coefficient (Wildman–Crippen LogP) is 3.39. The van der Waals surface area contributed by atoms with Gasteiger partial charge in [-0.15, -0.1) is 0 Å². The Kier molecular flexibility index (Phi) is 7.06. The summed E-state index contributed by atoms with van der Waals surface area (Å²) in [7, 11) is -3.14. The zero-order chi connectivity index (χ0) is 19.4. The largest absolute Gasteiger partial charge is 0.340 e. The molecule has 1 aromatic carbocycles. The lowest BCUT2D eigenvalue weighted by molar-refractivity contribution is -0.132. The second-order valence-corrected chi connectivity index (χ2v) is 10.6. The zero-order valence-electron chi connectivity index (χ0n) is 15.4. The average molecular weight is 433 g/mol. The fraction of sp³-hybridized carbons (Fsp3) is 0.632. The molecule has 0 N–H and O–H groups in total. The van der Waals surface area contributed by atoms with Gasteiger partial charge in [-0.3, -0.25) is 9.69 Å². The standard InChI is InChI=1S/C19H26Cl2N2O3S/c20-17-7-3-4-15(19(17)21)14-22-9-11-23(12-10-22)18(24)8-13-27(25,26)16-5-1-2-6-16/h3-4,7,16H,1-2,5-6,8-14H2. The summed E-state index contributed by atoms with van der Waals surface area (Å²) in [5, 5.41) is 0.894. The van der Waals surface area contributed by atoms with E-state index < -0.39 is 9.84 Å². The number of piperazine rings is 1. The average Bonchev–Trinajstić information content (AvgIpc) is 3.20. The predicted molar refractivity (Wildman–Crippen MR) is 109 cm³/mol. The Balaban J connectivity index is 1.46. The summed E-state index contributed by atoms with van der Waals surface area (Å²) in [6.07, 6.45) is 3.56. The first kappa shape index (κ1) is 20.9. The number of amides is 1. The molecule has 1 aliphatic carbocycles. The van der Waals surface area contributed by atoms with Crippen molar-refractivity contribution in [1.29, 1.82) is 0 Å². The van der Waals surface area contributed by atoms with Crippen molar-refractivity contribution >= 4 is 38.9 Å². The van der Waals surface area contributed by atoms with Crippen LogP contribution in [0.3, 0.4) is 0 Å². The maximum absolute atomic E-state index is 12.4. The number of carbonyl (C=O) groups is 1. The normalized spacial score (nSPS) is 19.6. The topological polar surface area (TPSA) is 57.7 Å². The third kappa shape index (κ3) is 5.37. The zero-order valence-corrected chi connectivity index (χ0v) is 17.7. The van der Waals surface area contributed by atoms with Crippen LogP contribution in [0.5, 0.6) is 0 Å². The highest BCUT2D eigenvalue weighted by atomic mass is 35.5. The molecular formula is C19H26Cl2N2O3S. The third-order valence-electron chi connectivity index (χ3n) is 5.56. The number of halogens is 2. The number of hydrogen-bond donors (Lipinski definition) is 0. The lowest BCUT2D eigenvalue weighted by Gasteiger charge is -2.35. The minimum Gasteiger partial charge on any atom is -0.340 e. The highest BCUT2D eigenvalue weighted by Crippen LogP contribution is 2.27. The summed E-state index contributed by atoms with van der Waals surface area (Å²) >= 11 is 12.3. The summed E-state index contributed by atoms with van der Waals surface area (Å²) in [6.45, 7) is 3.40. The van der Waals surface area contributed by atoms with Gasteiger partial charge in [-0.1, -0.05) is 48.2 Å². The summed E-state index contributed by atoms with van der Waals surface area (Å²) < 4.78 is 24.7. The monoisotopic (exact) mass is 432 g/mol. The van der Waals surface area contributed by atoms with Gasteiger partial charge < -0.3 is 4.90 Å². The molecule has 150 valence electrons. The van der Waals surface area contributed by atoms with E-state index in [0.717, 1.165) is 44.3 Å². The number of benzene rings is 1. The van der Waals surface area contributed by atoms with Crippen molar-refractivity contribution in [2.45, 2.75) is 43.9 Å². The van der Waals surface area contributed by atoms with Crippen LogP contribution in [0.15, 0.2) is 18.2 Å². The van der Waals surface area contributed by atoms with Crippen LogP contribution in [0.2, 0.25) is 10.0 Å². The molecule has 1 saturated carbocycles. The van der Waals surface area contributed by atoms with Crippen LogP contribution in [0.25, 0.3) is 0 Å². The molecule has 2 aliphatic rings. The summed E-state index contributed by atoms with van der Waals surface area (Å²) in [6, 6.07) is 5.61. The third-order valence-corrected chi connectivity index (χ3v) is 8.68. The fourth-order valence-corrected chi connectivity index (χ4v) is 6.09. The molecule has 27 heavy (non-hydrogen) atoms. The van der Waals surface area contributed by atoms with Gasteiger partial charge >= 0.3 is 0 Å². The molecule has 1 saturated heterocycles. The maximum Gasteiger partial charge on any atom is 0.223 e. The van der Waals surface area contributed by atoms with E-state index in [1.54, 1.807) is 11.0 Å². The van der Waals surface area contributed by atoms with Crippen LogP contribution in [-0.2, 0) is 21.2 Å². The molecule has 3 rings (SSSR count).